The minimum atomic E-state index is -1.59. The molecule has 1 aliphatic carbocycles. The van der Waals surface area contributed by atoms with Crippen molar-refractivity contribution in [2.75, 3.05) is 42.2 Å². The number of fused-ring (bicyclic) bond motifs is 2. The Bertz CT molecular complexity index is 1130. The van der Waals surface area contributed by atoms with Crippen LogP contribution in [0.4, 0.5) is 0 Å². The van der Waals surface area contributed by atoms with Crippen LogP contribution in [0.3, 0.4) is 0 Å². The minimum absolute atomic E-state index is 0.117. The summed E-state index contributed by atoms with van der Waals surface area (Å²) in [5, 5.41) is 0. The van der Waals surface area contributed by atoms with Crippen LogP contribution in [0, 0.1) is 5.92 Å². The Balaban J connectivity index is 2.09. The van der Waals surface area contributed by atoms with E-state index in [0.29, 0.717) is 46.3 Å². The van der Waals surface area contributed by atoms with Gasteiger partial charge in [-0.15, -0.1) is 0 Å². The predicted molar refractivity (Wildman–Crippen MR) is 120 cm³/mol. The molecule has 4 rings (SSSR count). The van der Waals surface area contributed by atoms with Gasteiger partial charge in [-0.2, -0.15) is 0 Å². The van der Waals surface area contributed by atoms with Gasteiger partial charge < -0.3 is 33.2 Å². The monoisotopic (exact) mass is 472 g/mol. The number of hydrogen-bond acceptors (Lipinski definition) is 9. The van der Waals surface area contributed by atoms with E-state index in [1.807, 2.05) is 12.1 Å². The molecule has 2 aliphatic rings. The lowest BCUT2D eigenvalue weighted by atomic mass is 9.64. The summed E-state index contributed by atoms with van der Waals surface area (Å²) in [6, 6.07) is 7.19. The van der Waals surface area contributed by atoms with E-state index in [2.05, 4.69) is 0 Å². The van der Waals surface area contributed by atoms with E-state index in [1.54, 1.807) is 26.4 Å². The van der Waals surface area contributed by atoms with E-state index in [4.69, 9.17) is 33.2 Å². The van der Waals surface area contributed by atoms with E-state index in [9.17, 15) is 9.59 Å². The molecule has 2 aromatic rings. The van der Waals surface area contributed by atoms with Crippen LogP contribution in [0.5, 0.6) is 28.7 Å². The molecule has 9 heteroatoms. The first-order chi connectivity index (χ1) is 16.4. The highest BCUT2D eigenvalue weighted by Gasteiger charge is 2.64. The van der Waals surface area contributed by atoms with Crippen LogP contribution in [-0.4, -0.2) is 59.7 Å². The van der Waals surface area contributed by atoms with Crippen molar-refractivity contribution in [3.05, 3.63) is 41.0 Å². The van der Waals surface area contributed by atoms with Gasteiger partial charge in [-0.3, -0.25) is 4.79 Å². The predicted octanol–water partition coefficient (Wildman–Crippen LogP) is 2.89. The fourth-order valence-electron chi connectivity index (χ4n) is 5.21. The lowest BCUT2D eigenvalue weighted by molar-refractivity contribution is -0.176. The molecule has 0 spiro atoms. The molecule has 9 nitrogen and oxygen atoms in total. The van der Waals surface area contributed by atoms with Gasteiger partial charge in [-0.05, 0) is 35.7 Å². The third-order valence-electron chi connectivity index (χ3n) is 6.53. The van der Waals surface area contributed by atoms with E-state index in [0.717, 1.165) is 5.56 Å². The van der Waals surface area contributed by atoms with Crippen molar-refractivity contribution in [3.63, 3.8) is 0 Å². The van der Waals surface area contributed by atoms with Crippen molar-refractivity contribution >= 4 is 11.9 Å². The molecule has 1 saturated heterocycles. The maximum absolute atomic E-state index is 13.4. The number of ether oxygens (including phenoxy) is 7. The van der Waals surface area contributed by atoms with E-state index in [-0.39, 0.29) is 6.61 Å². The first-order valence-corrected chi connectivity index (χ1v) is 10.8. The average Bonchev–Trinajstić information content (AvgIpc) is 3.15. The lowest BCUT2D eigenvalue weighted by Crippen LogP contribution is -2.53. The molecule has 1 heterocycles. The zero-order chi connectivity index (χ0) is 24.6. The summed E-state index contributed by atoms with van der Waals surface area (Å²) in [6.07, 6.45) is 0.412. The maximum atomic E-state index is 13.4. The molecule has 2 aromatic carbocycles. The topological polar surface area (TPSA) is 98.8 Å². The summed E-state index contributed by atoms with van der Waals surface area (Å²) in [5.74, 6) is -0.131. The van der Waals surface area contributed by atoms with Crippen LogP contribution >= 0.6 is 0 Å². The fourth-order valence-corrected chi connectivity index (χ4v) is 5.21. The first kappa shape index (κ1) is 23.5. The van der Waals surface area contributed by atoms with Crippen molar-refractivity contribution in [1.29, 1.82) is 0 Å². The third-order valence-corrected chi connectivity index (χ3v) is 6.53. The van der Waals surface area contributed by atoms with Gasteiger partial charge in [0, 0.05) is 18.4 Å². The van der Waals surface area contributed by atoms with Crippen LogP contribution in [0.15, 0.2) is 24.3 Å². The van der Waals surface area contributed by atoms with Gasteiger partial charge in [-0.1, -0.05) is 6.07 Å². The molecule has 0 amide bonds. The second-order valence-corrected chi connectivity index (χ2v) is 8.15. The lowest BCUT2D eigenvalue weighted by Gasteiger charge is -2.43. The highest BCUT2D eigenvalue weighted by molar-refractivity contribution is 5.89. The highest BCUT2D eigenvalue weighted by atomic mass is 16.6. The molecule has 0 bridgehead atoms. The summed E-state index contributed by atoms with van der Waals surface area (Å²) in [7, 11) is 7.64. The molecule has 182 valence electrons. The Morgan fingerprint density at radius 2 is 1.59 bits per heavy atom. The van der Waals surface area contributed by atoms with Gasteiger partial charge >= 0.3 is 11.9 Å². The van der Waals surface area contributed by atoms with Gasteiger partial charge in [0.2, 0.25) is 11.4 Å². The van der Waals surface area contributed by atoms with Gasteiger partial charge in [0.25, 0.3) is 0 Å². The summed E-state index contributed by atoms with van der Waals surface area (Å²) < 4.78 is 39.3. The van der Waals surface area contributed by atoms with Crippen molar-refractivity contribution in [2.24, 2.45) is 5.92 Å². The first-order valence-electron chi connectivity index (χ1n) is 10.8. The van der Waals surface area contributed by atoms with E-state index >= 15 is 0 Å². The largest absolute Gasteiger partial charge is 0.493 e. The van der Waals surface area contributed by atoms with E-state index < -0.39 is 29.4 Å². The second-order valence-electron chi connectivity index (χ2n) is 8.15. The Labute approximate surface area is 197 Å². The average molecular weight is 472 g/mol. The summed E-state index contributed by atoms with van der Waals surface area (Å²) in [6.45, 7) is 1.40. The van der Waals surface area contributed by atoms with Crippen molar-refractivity contribution < 1.29 is 42.7 Å². The smallest absolute Gasteiger partial charge is 0.352 e. The Hall–Kier alpha value is -3.62. The Morgan fingerprint density at radius 3 is 2.18 bits per heavy atom. The number of cyclic esters (lactones) is 1. The molecule has 0 N–H and O–H groups in total. The number of carbonyl (C=O) groups is 2. The van der Waals surface area contributed by atoms with Crippen LogP contribution in [-0.2, 0) is 25.5 Å². The summed E-state index contributed by atoms with van der Waals surface area (Å²) >= 11 is 0. The molecule has 1 aliphatic heterocycles. The number of hydrogen-bond donors (Lipinski definition) is 0. The van der Waals surface area contributed by atoms with Crippen LogP contribution in [0.2, 0.25) is 0 Å². The molecule has 0 unspecified atom stereocenters. The maximum Gasteiger partial charge on any atom is 0.352 e. The third kappa shape index (κ3) is 3.38. The molecule has 3 atom stereocenters. The van der Waals surface area contributed by atoms with Crippen molar-refractivity contribution in [3.8, 4) is 28.7 Å². The zero-order valence-electron chi connectivity index (χ0n) is 20.1. The standard InChI is InChI=1S/C25H28O9/c1-13(26)34-25-16(12-33-24(25)27)9-15-11-19(30-4)22(31-5)23(32-6)20(15)21(25)14-7-8-17(28-2)18(10-14)29-3/h7-8,10-11,16,21H,9,12H2,1-6H3/t16-,21-,25-/m1/s1. The zero-order valence-corrected chi connectivity index (χ0v) is 20.1. The van der Waals surface area contributed by atoms with Gasteiger partial charge in [0.15, 0.2) is 23.0 Å². The fraction of sp³-hybridized carbons (Fsp3) is 0.440. The normalized spacial score (nSPS) is 22.7. The Morgan fingerprint density at radius 1 is 0.912 bits per heavy atom. The number of carbonyl (C=O) groups excluding carboxylic acids is 2. The van der Waals surface area contributed by atoms with Gasteiger partial charge in [0.1, 0.15) is 0 Å². The SMILES string of the molecule is COc1ccc([C@@H]2c3c(cc(OC)c(OC)c3OC)C[C@@H]3COC(=O)[C@@]32OC(C)=O)cc1OC. The molecular weight excluding hydrogens is 444 g/mol. The van der Waals surface area contributed by atoms with Crippen LogP contribution in [0.1, 0.15) is 29.5 Å². The quantitative estimate of drug-likeness (QED) is 0.563. The molecule has 0 radical (unpaired) electrons. The molecule has 34 heavy (non-hydrogen) atoms. The van der Waals surface area contributed by atoms with Crippen LogP contribution in [0.25, 0.3) is 0 Å². The molecule has 0 aromatic heterocycles. The number of benzene rings is 2. The van der Waals surface area contributed by atoms with Crippen LogP contribution < -0.4 is 23.7 Å². The molecule has 1 fully saturated rings. The van der Waals surface area contributed by atoms with Crippen molar-refractivity contribution in [2.45, 2.75) is 24.9 Å². The molecule has 0 saturated carbocycles. The minimum Gasteiger partial charge on any atom is -0.493 e. The van der Waals surface area contributed by atoms with Gasteiger partial charge in [0.05, 0.1) is 48.1 Å². The summed E-state index contributed by atoms with van der Waals surface area (Å²) in [5.41, 5.74) is 0.601. The number of rotatable bonds is 7. The second kappa shape index (κ2) is 8.96. The summed E-state index contributed by atoms with van der Waals surface area (Å²) in [4.78, 5) is 25.7. The number of methoxy groups -OCH3 is 5. The van der Waals surface area contributed by atoms with Gasteiger partial charge in [-0.25, -0.2) is 4.79 Å². The number of esters is 2. The highest BCUT2D eigenvalue weighted by Crippen LogP contribution is 2.58. The molecular formula is C25H28O9. The van der Waals surface area contributed by atoms with Crippen molar-refractivity contribution in [1.82, 2.24) is 0 Å². The van der Waals surface area contributed by atoms with E-state index in [1.165, 1.54) is 28.3 Å². The Kier molecular flexibility index (Phi) is 6.20.